The first-order valence-corrected chi connectivity index (χ1v) is 8.57. The molecule has 2 atom stereocenters. The summed E-state index contributed by atoms with van der Waals surface area (Å²) in [5, 5.41) is 0. The number of morpholine rings is 2. The maximum absolute atomic E-state index is 11.4. The molecule has 0 aliphatic carbocycles. The summed E-state index contributed by atoms with van der Waals surface area (Å²) in [7, 11) is 1.41. The zero-order chi connectivity index (χ0) is 16.8. The van der Waals surface area contributed by atoms with Crippen LogP contribution >= 0.6 is 0 Å². The summed E-state index contributed by atoms with van der Waals surface area (Å²) in [6.07, 6.45) is 0.408. The van der Waals surface area contributed by atoms with Gasteiger partial charge in [0, 0.05) is 38.4 Å². The van der Waals surface area contributed by atoms with Gasteiger partial charge in [0.15, 0.2) is 0 Å². The molecule has 2 fully saturated rings. The molecule has 3 rings (SSSR count). The predicted octanol–water partition coefficient (Wildman–Crippen LogP) is 1.16. The van der Waals surface area contributed by atoms with Gasteiger partial charge in [-0.15, -0.1) is 0 Å². The van der Waals surface area contributed by atoms with Gasteiger partial charge in [0.05, 0.1) is 39.0 Å². The fourth-order valence-electron chi connectivity index (χ4n) is 3.33. The molecule has 0 saturated carbocycles. The van der Waals surface area contributed by atoms with Crippen LogP contribution in [0.5, 0.6) is 0 Å². The van der Waals surface area contributed by atoms with Crippen LogP contribution in [0.25, 0.3) is 0 Å². The van der Waals surface area contributed by atoms with E-state index in [1.165, 1.54) is 12.8 Å². The standard InChI is InChI=1S/C18H26N2O4/c1-22-18(21)11-16-12-19(7-9-23-16)13-17-14-20(8-10-24-17)15-5-3-2-4-6-15/h2-6,16-17H,7-14H2,1H3/t16-,17+/m1/s1. The van der Waals surface area contributed by atoms with Gasteiger partial charge in [0.25, 0.3) is 0 Å². The molecule has 6 nitrogen and oxygen atoms in total. The largest absolute Gasteiger partial charge is 0.469 e. The summed E-state index contributed by atoms with van der Waals surface area (Å²) in [5.41, 5.74) is 1.25. The lowest BCUT2D eigenvalue weighted by atomic mass is 10.1. The minimum absolute atomic E-state index is 0.0833. The number of ether oxygens (including phenoxy) is 3. The van der Waals surface area contributed by atoms with Gasteiger partial charge in [-0.05, 0) is 12.1 Å². The summed E-state index contributed by atoms with van der Waals surface area (Å²) < 4.78 is 16.4. The maximum Gasteiger partial charge on any atom is 0.308 e. The Morgan fingerprint density at radius 2 is 1.88 bits per heavy atom. The van der Waals surface area contributed by atoms with E-state index in [1.54, 1.807) is 0 Å². The summed E-state index contributed by atoms with van der Waals surface area (Å²) in [4.78, 5) is 16.1. The van der Waals surface area contributed by atoms with Crippen LogP contribution in [0.15, 0.2) is 30.3 Å². The first kappa shape index (κ1) is 17.2. The lowest BCUT2D eigenvalue weighted by molar-refractivity contribution is -0.146. The third-order valence-electron chi connectivity index (χ3n) is 4.57. The lowest BCUT2D eigenvalue weighted by Gasteiger charge is -2.39. The predicted molar refractivity (Wildman–Crippen MR) is 91.2 cm³/mol. The summed E-state index contributed by atoms with van der Waals surface area (Å²) in [5.74, 6) is -0.217. The zero-order valence-corrected chi connectivity index (χ0v) is 14.2. The number of hydrogen-bond donors (Lipinski definition) is 0. The van der Waals surface area contributed by atoms with Crippen LogP contribution in [0.4, 0.5) is 5.69 Å². The minimum Gasteiger partial charge on any atom is -0.469 e. The Bertz CT molecular complexity index is 525. The third kappa shape index (κ3) is 4.69. The van der Waals surface area contributed by atoms with Crippen molar-refractivity contribution in [1.82, 2.24) is 4.90 Å². The van der Waals surface area contributed by atoms with Gasteiger partial charge in [-0.2, -0.15) is 0 Å². The van der Waals surface area contributed by atoms with E-state index in [0.29, 0.717) is 13.0 Å². The van der Waals surface area contributed by atoms with E-state index >= 15 is 0 Å². The molecule has 0 unspecified atom stereocenters. The van der Waals surface area contributed by atoms with Crippen LogP contribution in [0, 0.1) is 0 Å². The number of carbonyl (C=O) groups excluding carboxylic acids is 1. The fraction of sp³-hybridized carbons (Fsp3) is 0.611. The molecule has 6 heteroatoms. The van der Waals surface area contributed by atoms with Crippen molar-refractivity contribution >= 4 is 11.7 Å². The topological polar surface area (TPSA) is 51.2 Å². The molecule has 0 bridgehead atoms. The molecule has 0 aromatic heterocycles. The quantitative estimate of drug-likeness (QED) is 0.753. The molecule has 2 heterocycles. The minimum atomic E-state index is -0.217. The zero-order valence-electron chi connectivity index (χ0n) is 14.2. The highest BCUT2D eigenvalue weighted by atomic mass is 16.5. The molecule has 0 spiro atoms. The Hall–Kier alpha value is -1.63. The van der Waals surface area contributed by atoms with Crippen molar-refractivity contribution in [2.24, 2.45) is 0 Å². The Labute approximate surface area is 143 Å². The van der Waals surface area contributed by atoms with Gasteiger partial charge in [-0.3, -0.25) is 9.69 Å². The van der Waals surface area contributed by atoms with Gasteiger partial charge in [0.2, 0.25) is 0 Å². The Morgan fingerprint density at radius 1 is 1.12 bits per heavy atom. The van der Waals surface area contributed by atoms with Crippen LogP contribution in [-0.4, -0.2) is 76.1 Å². The van der Waals surface area contributed by atoms with Crippen LogP contribution in [0.3, 0.4) is 0 Å². The van der Waals surface area contributed by atoms with Gasteiger partial charge in [-0.25, -0.2) is 0 Å². The maximum atomic E-state index is 11.4. The molecule has 0 N–H and O–H groups in total. The second-order valence-electron chi connectivity index (χ2n) is 6.31. The Kier molecular flexibility index (Phi) is 6.07. The Balaban J connectivity index is 1.51. The molecule has 2 aliphatic rings. The van der Waals surface area contributed by atoms with Crippen molar-refractivity contribution in [3.63, 3.8) is 0 Å². The monoisotopic (exact) mass is 334 g/mol. The normalized spacial score (nSPS) is 25.5. The van der Waals surface area contributed by atoms with Crippen molar-refractivity contribution in [3.8, 4) is 0 Å². The Morgan fingerprint density at radius 3 is 2.67 bits per heavy atom. The number of rotatable bonds is 5. The first-order chi connectivity index (χ1) is 11.7. The molecule has 2 aliphatic heterocycles. The fourth-order valence-corrected chi connectivity index (χ4v) is 3.33. The van der Waals surface area contributed by atoms with Crippen molar-refractivity contribution in [1.29, 1.82) is 0 Å². The van der Waals surface area contributed by atoms with E-state index in [1.807, 2.05) is 6.07 Å². The lowest BCUT2D eigenvalue weighted by Crippen LogP contribution is -2.51. The molecule has 0 amide bonds. The number of para-hydroxylation sites is 1. The molecular weight excluding hydrogens is 308 g/mol. The molecule has 1 aromatic carbocycles. The number of carbonyl (C=O) groups is 1. The highest BCUT2D eigenvalue weighted by Gasteiger charge is 2.27. The first-order valence-electron chi connectivity index (χ1n) is 8.57. The van der Waals surface area contributed by atoms with E-state index in [9.17, 15) is 4.79 Å². The average molecular weight is 334 g/mol. The van der Waals surface area contributed by atoms with Crippen LogP contribution in [-0.2, 0) is 19.0 Å². The van der Waals surface area contributed by atoms with E-state index in [4.69, 9.17) is 14.2 Å². The highest BCUT2D eigenvalue weighted by molar-refractivity contribution is 5.69. The van der Waals surface area contributed by atoms with Gasteiger partial charge < -0.3 is 19.1 Å². The van der Waals surface area contributed by atoms with E-state index in [-0.39, 0.29) is 18.2 Å². The third-order valence-corrected chi connectivity index (χ3v) is 4.57. The van der Waals surface area contributed by atoms with Gasteiger partial charge in [-0.1, -0.05) is 18.2 Å². The molecular formula is C18H26N2O4. The molecule has 0 radical (unpaired) electrons. The number of anilines is 1. The van der Waals surface area contributed by atoms with Crippen molar-refractivity contribution in [2.45, 2.75) is 18.6 Å². The summed E-state index contributed by atoms with van der Waals surface area (Å²) in [6.45, 7) is 5.71. The molecule has 132 valence electrons. The number of esters is 1. The highest BCUT2D eigenvalue weighted by Crippen LogP contribution is 2.18. The second kappa shape index (κ2) is 8.46. The number of benzene rings is 1. The average Bonchev–Trinajstić information content (AvgIpc) is 2.63. The van der Waals surface area contributed by atoms with Gasteiger partial charge in [0.1, 0.15) is 0 Å². The molecule has 1 aromatic rings. The van der Waals surface area contributed by atoms with Crippen LogP contribution in [0.1, 0.15) is 6.42 Å². The van der Waals surface area contributed by atoms with Crippen LogP contribution < -0.4 is 4.90 Å². The van der Waals surface area contributed by atoms with Crippen molar-refractivity contribution in [2.75, 3.05) is 57.9 Å². The molecule has 2 saturated heterocycles. The van der Waals surface area contributed by atoms with E-state index in [2.05, 4.69) is 34.1 Å². The summed E-state index contributed by atoms with van der Waals surface area (Å²) in [6, 6.07) is 10.5. The molecule has 24 heavy (non-hydrogen) atoms. The van der Waals surface area contributed by atoms with Crippen LogP contribution in [0.2, 0.25) is 0 Å². The second-order valence-corrected chi connectivity index (χ2v) is 6.31. The van der Waals surface area contributed by atoms with Crippen molar-refractivity contribution in [3.05, 3.63) is 30.3 Å². The number of hydrogen-bond acceptors (Lipinski definition) is 6. The SMILES string of the molecule is COC(=O)C[C@@H]1CN(C[C@H]2CN(c3ccccc3)CCO2)CCO1. The smallest absolute Gasteiger partial charge is 0.308 e. The van der Waals surface area contributed by atoms with E-state index in [0.717, 1.165) is 39.3 Å². The van der Waals surface area contributed by atoms with Gasteiger partial charge >= 0.3 is 5.97 Å². The van der Waals surface area contributed by atoms with Crippen molar-refractivity contribution < 1.29 is 19.0 Å². The number of methoxy groups -OCH3 is 1. The van der Waals surface area contributed by atoms with E-state index < -0.39 is 0 Å². The summed E-state index contributed by atoms with van der Waals surface area (Å²) >= 11 is 0. The number of nitrogens with zero attached hydrogens (tertiary/aromatic N) is 2.